The fraction of sp³-hybridized carbons (Fsp3) is 0.500. The molecule has 1 aliphatic rings. The molecule has 1 amide bonds. The first-order chi connectivity index (χ1) is 9.01. The molecule has 19 heavy (non-hydrogen) atoms. The van der Waals surface area contributed by atoms with Gasteiger partial charge in [0.1, 0.15) is 0 Å². The standard InChI is InChI=1S/C14H18F2N2O/c1-2-9-5-14(19)18(7-9)8-13(17)10-3-4-11(15)12(16)6-10/h3-4,6,9,13H,2,5,7-8,17H2,1H3. The first-order valence-corrected chi connectivity index (χ1v) is 6.49. The van der Waals surface area contributed by atoms with Gasteiger partial charge in [0.15, 0.2) is 11.6 Å². The first kappa shape index (κ1) is 13.9. The third-order valence-electron chi connectivity index (χ3n) is 3.66. The minimum Gasteiger partial charge on any atom is -0.340 e. The Morgan fingerprint density at radius 1 is 1.42 bits per heavy atom. The number of hydrogen-bond donors (Lipinski definition) is 1. The van der Waals surface area contributed by atoms with Crippen LogP contribution in [0.3, 0.4) is 0 Å². The molecule has 0 bridgehead atoms. The third-order valence-corrected chi connectivity index (χ3v) is 3.66. The summed E-state index contributed by atoms with van der Waals surface area (Å²) in [6.07, 6.45) is 1.52. The van der Waals surface area contributed by atoms with Crippen molar-refractivity contribution in [3.8, 4) is 0 Å². The Kier molecular flexibility index (Phi) is 4.14. The van der Waals surface area contributed by atoms with E-state index in [1.54, 1.807) is 4.90 Å². The number of amides is 1. The number of nitrogens with zero attached hydrogens (tertiary/aromatic N) is 1. The fourth-order valence-electron chi connectivity index (χ4n) is 2.39. The number of benzene rings is 1. The topological polar surface area (TPSA) is 46.3 Å². The van der Waals surface area contributed by atoms with Crippen molar-refractivity contribution in [3.05, 3.63) is 35.4 Å². The molecule has 0 saturated carbocycles. The van der Waals surface area contributed by atoms with Gasteiger partial charge in [0.25, 0.3) is 0 Å². The molecule has 1 saturated heterocycles. The quantitative estimate of drug-likeness (QED) is 0.910. The highest BCUT2D eigenvalue weighted by atomic mass is 19.2. The normalized spacial score (nSPS) is 20.9. The van der Waals surface area contributed by atoms with Crippen LogP contribution in [-0.2, 0) is 4.79 Å². The lowest BCUT2D eigenvalue weighted by molar-refractivity contribution is -0.127. The zero-order valence-corrected chi connectivity index (χ0v) is 10.9. The zero-order valence-electron chi connectivity index (χ0n) is 10.9. The van der Waals surface area contributed by atoms with Crippen LogP contribution in [0.5, 0.6) is 0 Å². The van der Waals surface area contributed by atoms with Crippen LogP contribution in [0.15, 0.2) is 18.2 Å². The summed E-state index contributed by atoms with van der Waals surface area (Å²) in [5.41, 5.74) is 6.47. The molecule has 1 aliphatic heterocycles. The second-order valence-electron chi connectivity index (χ2n) is 5.06. The number of nitrogens with two attached hydrogens (primary N) is 1. The van der Waals surface area contributed by atoms with Gasteiger partial charge in [0.05, 0.1) is 0 Å². The SMILES string of the molecule is CCC1CC(=O)N(CC(N)c2ccc(F)c(F)c2)C1. The average molecular weight is 268 g/mol. The minimum absolute atomic E-state index is 0.0879. The Morgan fingerprint density at radius 3 is 2.74 bits per heavy atom. The molecule has 2 N–H and O–H groups in total. The van der Waals surface area contributed by atoms with Crippen LogP contribution in [0, 0.1) is 17.6 Å². The van der Waals surface area contributed by atoms with E-state index >= 15 is 0 Å². The van der Waals surface area contributed by atoms with Crippen molar-refractivity contribution in [3.63, 3.8) is 0 Å². The lowest BCUT2D eigenvalue weighted by Gasteiger charge is -2.21. The lowest BCUT2D eigenvalue weighted by Crippen LogP contribution is -2.33. The smallest absolute Gasteiger partial charge is 0.222 e. The minimum atomic E-state index is -0.910. The highest BCUT2D eigenvalue weighted by Crippen LogP contribution is 2.23. The Morgan fingerprint density at radius 2 is 2.16 bits per heavy atom. The molecule has 1 aromatic carbocycles. The zero-order chi connectivity index (χ0) is 14.0. The van der Waals surface area contributed by atoms with E-state index in [0.29, 0.717) is 31.0 Å². The van der Waals surface area contributed by atoms with E-state index in [0.717, 1.165) is 18.6 Å². The Labute approximate surface area is 111 Å². The molecule has 104 valence electrons. The second kappa shape index (κ2) is 5.65. The van der Waals surface area contributed by atoms with Gasteiger partial charge >= 0.3 is 0 Å². The molecule has 0 aromatic heterocycles. The largest absolute Gasteiger partial charge is 0.340 e. The van der Waals surface area contributed by atoms with Crippen LogP contribution in [0.2, 0.25) is 0 Å². The maximum absolute atomic E-state index is 13.1. The summed E-state index contributed by atoms with van der Waals surface area (Å²) in [5.74, 6) is -1.33. The van der Waals surface area contributed by atoms with E-state index in [9.17, 15) is 13.6 Å². The van der Waals surface area contributed by atoms with E-state index in [-0.39, 0.29) is 5.91 Å². The molecular weight excluding hydrogens is 250 g/mol. The maximum Gasteiger partial charge on any atom is 0.222 e. The van der Waals surface area contributed by atoms with Gasteiger partial charge < -0.3 is 10.6 Å². The van der Waals surface area contributed by atoms with E-state index in [1.807, 2.05) is 0 Å². The van der Waals surface area contributed by atoms with Crippen molar-refractivity contribution in [2.45, 2.75) is 25.8 Å². The van der Waals surface area contributed by atoms with E-state index in [1.165, 1.54) is 6.07 Å². The molecule has 1 heterocycles. The van der Waals surface area contributed by atoms with Crippen LogP contribution in [0.25, 0.3) is 0 Å². The summed E-state index contributed by atoms with van der Waals surface area (Å²) < 4.78 is 26.0. The fourth-order valence-corrected chi connectivity index (χ4v) is 2.39. The van der Waals surface area contributed by atoms with E-state index in [4.69, 9.17) is 5.73 Å². The van der Waals surface area contributed by atoms with Crippen molar-refractivity contribution in [1.82, 2.24) is 4.90 Å². The third kappa shape index (κ3) is 3.10. The van der Waals surface area contributed by atoms with E-state index < -0.39 is 17.7 Å². The van der Waals surface area contributed by atoms with Crippen LogP contribution in [0.4, 0.5) is 8.78 Å². The molecule has 1 fully saturated rings. The van der Waals surface area contributed by atoms with Crippen LogP contribution in [-0.4, -0.2) is 23.9 Å². The Hall–Kier alpha value is -1.49. The number of likely N-dealkylation sites (tertiary alicyclic amines) is 1. The number of carbonyl (C=O) groups excluding carboxylic acids is 1. The van der Waals surface area contributed by atoms with Crippen molar-refractivity contribution in [2.24, 2.45) is 11.7 Å². The Bertz CT molecular complexity index is 479. The monoisotopic (exact) mass is 268 g/mol. The predicted octanol–water partition coefficient (Wildman–Crippen LogP) is 2.22. The number of halogens is 2. The van der Waals surface area contributed by atoms with Gasteiger partial charge in [-0.05, 0) is 23.6 Å². The number of carbonyl (C=O) groups is 1. The molecule has 0 spiro atoms. The predicted molar refractivity (Wildman–Crippen MR) is 68.3 cm³/mol. The number of hydrogen-bond acceptors (Lipinski definition) is 2. The van der Waals surface area contributed by atoms with Gasteiger partial charge in [0.2, 0.25) is 5.91 Å². The van der Waals surface area contributed by atoms with Crippen molar-refractivity contribution >= 4 is 5.91 Å². The number of rotatable bonds is 4. The molecular formula is C14H18F2N2O. The molecule has 2 rings (SSSR count). The molecule has 3 nitrogen and oxygen atoms in total. The lowest BCUT2D eigenvalue weighted by atomic mass is 10.1. The van der Waals surface area contributed by atoms with Crippen molar-refractivity contribution < 1.29 is 13.6 Å². The highest BCUT2D eigenvalue weighted by molar-refractivity contribution is 5.78. The summed E-state index contributed by atoms with van der Waals surface area (Å²) in [6, 6.07) is 3.12. The van der Waals surface area contributed by atoms with Gasteiger partial charge in [-0.2, -0.15) is 0 Å². The second-order valence-corrected chi connectivity index (χ2v) is 5.06. The summed E-state index contributed by atoms with van der Waals surface area (Å²) in [4.78, 5) is 13.5. The molecule has 5 heteroatoms. The molecule has 0 aliphatic carbocycles. The van der Waals surface area contributed by atoms with Gasteiger partial charge in [-0.3, -0.25) is 4.79 Å². The van der Waals surface area contributed by atoms with Gasteiger partial charge in [-0.15, -0.1) is 0 Å². The summed E-state index contributed by atoms with van der Waals surface area (Å²) in [5, 5.41) is 0. The van der Waals surface area contributed by atoms with Crippen molar-refractivity contribution in [2.75, 3.05) is 13.1 Å². The van der Waals surface area contributed by atoms with Crippen molar-refractivity contribution in [1.29, 1.82) is 0 Å². The summed E-state index contributed by atoms with van der Waals surface area (Å²) in [6.45, 7) is 3.10. The molecule has 1 aromatic rings. The Balaban J connectivity index is 2.02. The molecule has 2 atom stereocenters. The van der Waals surface area contributed by atoms with E-state index in [2.05, 4.69) is 6.92 Å². The molecule has 0 radical (unpaired) electrons. The van der Waals surface area contributed by atoms with Gasteiger partial charge in [0, 0.05) is 25.6 Å². The maximum atomic E-state index is 13.1. The first-order valence-electron chi connectivity index (χ1n) is 6.49. The highest BCUT2D eigenvalue weighted by Gasteiger charge is 2.29. The van der Waals surface area contributed by atoms with Crippen LogP contribution < -0.4 is 5.73 Å². The molecule has 2 unspecified atom stereocenters. The summed E-state index contributed by atoms with van der Waals surface area (Å²) in [7, 11) is 0. The van der Waals surface area contributed by atoms with Crippen LogP contribution >= 0.6 is 0 Å². The van der Waals surface area contributed by atoms with Crippen LogP contribution in [0.1, 0.15) is 31.4 Å². The average Bonchev–Trinajstić information content (AvgIpc) is 2.73. The van der Waals surface area contributed by atoms with Gasteiger partial charge in [-0.1, -0.05) is 19.4 Å². The summed E-state index contributed by atoms with van der Waals surface area (Å²) >= 11 is 0. The van der Waals surface area contributed by atoms with Gasteiger partial charge in [-0.25, -0.2) is 8.78 Å².